The summed E-state index contributed by atoms with van der Waals surface area (Å²) >= 11 is 0. The van der Waals surface area contributed by atoms with E-state index in [1.807, 2.05) is 32.2 Å². The fourth-order valence-electron chi connectivity index (χ4n) is 6.62. The summed E-state index contributed by atoms with van der Waals surface area (Å²) < 4.78 is 11.9. The Morgan fingerprint density at radius 2 is 1.84 bits per heavy atom. The summed E-state index contributed by atoms with van der Waals surface area (Å²) in [4.78, 5) is 40.7. The molecule has 1 saturated heterocycles. The Balaban J connectivity index is 1.73. The SMILES string of the molecule is COc1ccc(C(=O)Nc2ccc3c(c2)[C@@]2(O[C@H](CCO)[C@@H]([Si](C)(C)O)[C@@H]2C)C(=O)N3C/C=C(\C)CCC=C(C)C)cc1. The van der Waals surface area contributed by atoms with Gasteiger partial charge in [0.1, 0.15) is 5.75 Å². The zero-order valence-electron chi connectivity index (χ0n) is 26.4. The lowest BCUT2D eigenvalue weighted by molar-refractivity contribution is -0.146. The molecular weight excluding hydrogens is 560 g/mol. The number of amides is 2. The van der Waals surface area contributed by atoms with Crippen molar-refractivity contribution in [1.82, 2.24) is 0 Å². The van der Waals surface area contributed by atoms with E-state index in [0.717, 1.165) is 18.5 Å². The van der Waals surface area contributed by atoms with Crippen LogP contribution in [0.5, 0.6) is 5.75 Å². The van der Waals surface area contributed by atoms with Crippen molar-refractivity contribution in [2.45, 2.75) is 77.3 Å². The van der Waals surface area contributed by atoms with Crippen LogP contribution in [-0.2, 0) is 15.1 Å². The molecule has 2 aromatic rings. The number of carbonyl (C=O) groups is 2. The van der Waals surface area contributed by atoms with Gasteiger partial charge in [0.2, 0.25) is 0 Å². The van der Waals surface area contributed by atoms with Crippen LogP contribution in [-0.4, -0.2) is 56.4 Å². The molecule has 8 nitrogen and oxygen atoms in total. The van der Waals surface area contributed by atoms with Crippen molar-refractivity contribution in [1.29, 1.82) is 0 Å². The highest BCUT2D eigenvalue weighted by atomic mass is 28.4. The number of nitrogens with zero attached hydrogens (tertiary/aromatic N) is 1. The average molecular weight is 607 g/mol. The molecular formula is C34H46N2O6Si. The van der Waals surface area contributed by atoms with E-state index in [1.165, 1.54) is 11.1 Å². The Morgan fingerprint density at radius 3 is 2.44 bits per heavy atom. The lowest BCUT2D eigenvalue weighted by Gasteiger charge is -2.32. The second-order valence-electron chi connectivity index (χ2n) is 12.6. The third kappa shape index (κ3) is 6.65. The number of allylic oxidation sites excluding steroid dienone is 3. The van der Waals surface area contributed by atoms with Crippen molar-refractivity contribution in [3.8, 4) is 5.75 Å². The first kappa shape index (κ1) is 32.7. The third-order valence-corrected chi connectivity index (χ3v) is 11.2. The Labute approximate surface area is 256 Å². The Kier molecular flexibility index (Phi) is 10.0. The molecule has 2 aliphatic rings. The van der Waals surface area contributed by atoms with Gasteiger partial charge in [0.05, 0.1) is 18.9 Å². The van der Waals surface area contributed by atoms with Crippen LogP contribution in [0.3, 0.4) is 0 Å². The van der Waals surface area contributed by atoms with Crippen LogP contribution in [0.15, 0.2) is 65.8 Å². The number of anilines is 2. The van der Waals surface area contributed by atoms with E-state index < -0.39 is 20.0 Å². The second kappa shape index (κ2) is 13.2. The first-order chi connectivity index (χ1) is 20.3. The number of fused-ring (bicyclic) bond motifs is 2. The number of ether oxygens (including phenoxy) is 2. The van der Waals surface area contributed by atoms with Crippen LogP contribution >= 0.6 is 0 Å². The van der Waals surface area contributed by atoms with Gasteiger partial charge in [-0.1, -0.05) is 30.2 Å². The molecule has 0 bridgehead atoms. The van der Waals surface area contributed by atoms with Crippen molar-refractivity contribution in [2.24, 2.45) is 5.92 Å². The lowest BCUT2D eigenvalue weighted by Crippen LogP contribution is -2.46. The molecule has 9 heteroatoms. The molecule has 0 radical (unpaired) electrons. The minimum atomic E-state index is -2.81. The first-order valence-electron chi connectivity index (χ1n) is 15.1. The summed E-state index contributed by atoms with van der Waals surface area (Å²) in [6.45, 7) is 12.2. The van der Waals surface area contributed by atoms with Crippen molar-refractivity contribution < 1.29 is 29.0 Å². The number of methoxy groups -OCH3 is 1. The molecule has 2 aromatic carbocycles. The predicted octanol–water partition coefficient (Wildman–Crippen LogP) is 6.17. The van der Waals surface area contributed by atoms with E-state index in [4.69, 9.17) is 9.47 Å². The number of aliphatic hydroxyl groups excluding tert-OH is 1. The molecule has 1 spiro atoms. The average Bonchev–Trinajstić information content (AvgIpc) is 3.37. The van der Waals surface area contributed by atoms with Gasteiger partial charge in [-0.2, -0.15) is 0 Å². The zero-order valence-corrected chi connectivity index (χ0v) is 27.4. The number of nitrogens with one attached hydrogen (secondary N) is 1. The van der Waals surface area contributed by atoms with Crippen molar-refractivity contribution >= 4 is 31.5 Å². The molecule has 4 atom stereocenters. The van der Waals surface area contributed by atoms with E-state index in [9.17, 15) is 19.5 Å². The molecule has 3 N–H and O–H groups in total. The highest BCUT2D eigenvalue weighted by Crippen LogP contribution is 2.59. The van der Waals surface area contributed by atoms with E-state index >= 15 is 0 Å². The predicted molar refractivity (Wildman–Crippen MR) is 173 cm³/mol. The van der Waals surface area contributed by atoms with Crippen LogP contribution in [0.25, 0.3) is 0 Å². The Bertz CT molecular complexity index is 1390. The summed E-state index contributed by atoms with van der Waals surface area (Å²) in [5.41, 5.74) is 3.29. The van der Waals surface area contributed by atoms with Crippen molar-refractivity contribution in [3.05, 3.63) is 76.9 Å². The molecule has 0 aliphatic carbocycles. The van der Waals surface area contributed by atoms with Gasteiger partial charge in [0, 0.05) is 41.4 Å². The van der Waals surface area contributed by atoms with Crippen LogP contribution in [0.4, 0.5) is 11.4 Å². The maximum Gasteiger partial charge on any atom is 0.264 e. The van der Waals surface area contributed by atoms with Crippen molar-refractivity contribution in [3.63, 3.8) is 0 Å². The quantitative estimate of drug-likeness (QED) is 0.209. The number of carbonyl (C=O) groups excluding carboxylic acids is 2. The molecule has 2 aliphatic heterocycles. The molecule has 232 valence electrons. The van der Waals surface area contributed by atoms with Gasteiger partial charge in [0.25, 0.3) is 11.8 Å². The largest absolute Gasteiger partial charge is 0.497 e. The van der Waals surface area contributed by atoms with E-state index in [1.54, 1.807) is 42.3 Å². The van der Waals surface area contributed by atoms with Gasteiger partial charge in [-0.25, -0.2) is 0 Å². The van der Waals surface area contributed by atoms with Gasteiger partial charge >= 0.3 is 0 Å². The molecule has 2 amide bonds. The topological polar surface area (TPSA) is 108 Å². The third-order valence-electron chi connectivity index (χ3n) is 8.72. The highest BCUT2D eigenvalue weighted by Gasteiger charge is 2.66. The molecule has 4 rings (SSSR count). The second-order valence-corrected chi connectivity index (χ2v) is 16.5. The number of benzene rings is 2. The fourth-order valence-corrected chi connectivity index (χ4v) is 9.22. The Hall–Kier alpha value is -3.24. The number of aliphatic hydroxyl groups is 1. The molecule has 0 saturated carbocycles. The monoisotopic (exact) mass is 606 g/mol. The number of hydrogen-bond acceptors (Lipinski definition) is 6. The first-order valence-corrected chi connectivity index (χ1v) is 18.1. The van der Waals surface area contributed by atoms with Gasteiger partial charge in [-0.05, 0) is 95.6 Å². The van der Waals surface area contributed by atoms with E-state index in [2.05, 4.69) is 38.2 Å². The van der Waals surface area contributed by atoms with Crippen LogP contribution in [0, 0.1) is 5.92 Å². The minimum Gasteiger partial charge on any atom is -0.497 e. The number of rotatable bonds is 11. The Morgan fingerprint density at radius 1 is 1.14 bits per heavy atom. The van der Waals surface area contributed by atoms with Gasteiger partial charge in [0.15, 0.2) is 13.9 Å². The molecule has 0 aromatic heterocycles. The summed E-state index contributed by atoms with van der Waals surface area (Å²) in [5.74, 6) is -0.147. The van der Waals surface area contributed by atoms with E-state index in [0.29, 0.717) is 35.5 Å². The van der Waals surface area contributed by atoms with Crippen LogP contribution in [0.1, 0.15) is 62.9 Å². The summed E-state index contributed by atoms with van der Waals surface area (Å²) in [7, 11) is -1.24. The highest BCUT2D eigenvalue weighted by molar-refractivity contribution is 6.71. The normalized spacial score (nSPS) is 23.5. The van der Waals surface area contributed by atoms with Gasteiger partial charge < -0.3 is 29.6 Å². The standard InChI is InChI=1S/C34H46N2O6Si/c1-22(2)9-8-10-23(3)17-19-36-29-16-13-26(35-32(38)25-11-14-27(41-5)15-12-25)21-28(29)34(33(36)39)24(4)31(43(6,7)40)30(42-34)18-20-37/h9,11-17,21,24,30-31,37,40H,8,10,18-20H2,1-7H3,(H,35,38)/b23-17+/t24-,30+,31-,34+/m0/s1. The van der Waals surface area contributed by atoms with Crippen LogP contribution < -0.4 is 15.0 Å². The lowest BCUT2D eigenvalue weighted by atomic mass is 9.82. The van der Waals surface area contributed by atoms with Gasteiger partial charge in [-0.3, -0.25) is 9.59 Å². The summed E-state index contributed by atoms with van der Waals surface area (Å²) in [6, 6.07) is 12.4. The van der Waals surface area contributed by atoms with Crippen molar-refractivity contribution in [2.75, 3.05) is 30.5 Å². The maximum atomic E-state index is 14.5. The molecule has 1 fully saturated rings. The fraction of sp³-hybridized carbons (Fsp3) is 0.471. The van der Waals surface area contributed by atoms with Gasteiger partial charge in [-0.15, -0.1) is 0 Å². The smallest absolute Gasteiger partial charge is 0.264 e. The molecule has 0 unspecified atom stereocenters. The summed E-state index contributed by atoms with van der Waals surface area (Å²) in [5, 5.41) is 12.8. The molecule has 43 heavy (non-hydrogen) atoms. The minimum absolute atomic E-state index is 0.106. The van der Waals surface area contributed by atoms with Crippen LogP contribution in [0.2, 0.25) is 18.6 Å². The molecule has 2 heterocycles. The zero-order chi connectivity index (χ0) is 31.5. The maximum absolute atomic E-state index is 14.5. The number of hydrogen-bond donors (Lipinski definition) is 3. The van der Waals surface area contributed by atoms with E-state index in [-0.39, 0.29) is 29.9 Å². The summed E-state index contributed by atoms with van der Waals surface area (Å²) in [6.07, 6.45) is 6.00.